The van der Waals surface area contributed by atoms with Gasteiger partial charge in [0.15, 0.2) is 0 Å². The number of aromatic nitrogens is 4. The molecule has 2 atom stereocenters. The number of thiophene rings is 2. The van der Waals surface area contributed by atoms with Crippen molar-refractivity contribution in [3.63, 3.8) is 0 Å². The second kappa shape index (κ2) is 11.9. The fraction of sp³-hybridized carbons (Fsp3) is 0.235. The van der Waals surface area contributed by atoms with Crippen LogP contribution in [0.5, 0.6) is 0 Å². The number of rotatable bonds is 7. The van der Waals surface area contributed by atoms with E-state index in [-0.39, 0.29) is 24.5 Å². The summed E-state index contributed by atoms with van der Waals surface area (Å²) in [5.74, 6) is 1.55. The fourth-order valence-electron chi connectivity index (χ4n) is 6.37. The number of H-pyrrole nitrogens is 2. The molecule has 8 rings (SSSR count). The number of imidazole rings is 2. The van der Waals surface area contributed by atoms with Crippen LogP contribution in [0.1, 0.15) is 36.6 Å². The highest BCUT2D eigenvalue weighted by molar-refractivity contribution is 7.27. The molecule has 4 N–H and O–H groups in total. The zero-order chi connectivity index (χ0) is 31.2. The van der Waals surface area contributed by atoms with E-state index in [0.29, 0.717) is 6.54 Å². The smallest absolute Gasteiger partial charge is 0.407 e. The number of nitrogens with zero attached hydrogens (tertiary/aromatic N) is 3. The lowest BCUT2D eigenvalue weighted by Gasteiger charge is -2.23. The van der Waals surface area contributed by atoms with E-state index in [1.165, 1.54) is 38.8 Å². The van der Waals surface area contributed by atoms with Crippen molar-refractivity contribution in [1.29, 1.82) is 0 Å². The Morgan fingerprint density at radius 3 is 2.52 bits per heavy atom. The van der Waals surface area contributed by atoms with Crippen molar-refractivity contribution in [2.24, 2.45) is 0 Å². The van der Waals surface area contributed by atoms with E-state index in [4.69, 9.17) is 4.98 Å². The molecule has 4 aromatic heterocycles. The molecule has 6 heterocycles. The molecule has 0 saturated carbocycles. The van der Waals surface area contributed by atoms with Crippen LogP contribution in [0, 0.1) is 0 Å². The van der Waals surface area contributed by atoms with Crippen molar-refractivity contribution in [3.05, 3.63) is 83.2 Å². The molecule has 0 bridgehead atoms. The van der Waals surface area contributed by atoms with Gasteiger partial charge in [-0.05, 0) is 41.7 Å². The summed E-state index contributed by atoms with van der Waals surface area (Å²) >= 11 is 3.56. The molecular weight excluding hydrogens is 619 g/mol. The van der Waals surface area contributed by atoms with E-state index in [0.717, 1.165) is 53.3 Å². The number of hydrogen-bond acceptors (Lipinski definition) is 8. The van der Waals surface area contributed by atoms with Gasteiger partial charge < -0.3 is 30.2 Å². The average molecular weight is 650 g/mol. The summed E-state index contributed by atoms with van der Waals surface area (Å²) in [6.45, 7) is 1.40. The second-order valence-electron chi connectivity index (χ2n) is 11.5. The normalized spacial score (nSPS) is 17.8. The Morgan fingerprint density at radius 2 is 1.76 bits per heavy atom. The van der Waals surface area contributed by atoms with E-state index < -0.39 is 6.09 Å². The number of hydrogen-bond donors (Lipinski definition) is 4. The molecule has 2 unspecified atom stereocenters. The molecule has 2 aliphatic heterocycles. The Hall–Kier alpha value is -4.78. The van der Waals surface area contributed by atoms with Crippen LogP contribution in [0.25, 0.3) is 53.9 Å². The van der Waals surface area contributed by atoms with Crippen molar-refractivity contribution in [3.8, 4) is 33.5 Å². The van der Waals surface area contributed by atoms with Gasteiger partial charge in [0.25, 0.3) is 0 Å². The highest BCUT2D eigenvalue weighted by Gasteiger charge is 2.32. The Kier molecular flexibility index (Phi) is 7.39. The van der Waals surface area contributed by atoms with Crippen LogP contribution >= 0.6 is 22.7 Å². The van der Waals surface area contributed by atoms with Gasteiger partial charge in [0, 0.05) is 35.0 Å². The standard InChI is InChI=1S/C34H31N7O3S2/c1-44-34(43)37-16-29(42)41-13-3-5-28(41)33-36-15-27(40-33)20-8-6-19(7-9-20)22-17-45-31-23(18-46-30(22)31)21-10-11-24-26(14-21)39-32(38-24)25-4-2-12-35-25/h2,4,6-11,14-15,17-18,25,28,35H,3,5,12-13,16H2,1H3,(H,36,40)(H,37,43)(H,38,39). The molecular formula is C34H31N7O3S2. The predicted octanol–water partition coefficient (Wildman–Crippen LogP) is 6.78. The molecule has 2 aliphatic rings. The summed E-state index contributed by atoms with van der Waals surface area (Å²) in [6, 6.07) is 15.0. The number of methoxy groups -OCH3 is 1. The maximum Gasteiger partial charge on any atom is 0.407 e. The van der Waals surface area contributed by atoms with Crippen LogP contribution in [-0.2, 0) is 9.53 Å². The third-order valence-electron chi connectivity index (χ3n) is 8.74. The van der Waals surface area contributed by atoms with Gasteiger partial charge in [-0.1, -0.05) is 42.5 Å². The van der Waals surface area contributed by atoms with Crippen molar-refractivity contribution in [2.75, 3.05) is 26.7 Å². The molecule has 12 heteroatoms. The number of fused-ring (bicyclic) bond motifs is 2. The van der Waals surface area contributed by atoms with Gasteiger partial charge in [-0.25, -0.2) is 14.8 Å². The molecule has 232 valence electrons. The maximum atomic E-state index is 12.8. The van der Waals surface area contributed by atoms with Crippen molar-refractivity contribution in [1.82, 2.24) is 35.5 Å². The zero-order valence-corrected chi connectivity index (χ0v) is 26.6. The molecule has 46 heavy (non-hydrogen) atoms. The number of aromatic amines is 2. The minimum atomic E-state index is -0.619. The molecule has 1 saturated heterocycles. The topological polar surface area (TPSA) is 128 Å². The number of ether oxygens (including phenoxy) is 1. The monoisotopic (exact) mass is 649 g/mol. The molecule has 0 spiro atoms. The predicted molar refractivity (Wildman–Crippen MR) is 182 cm³/mol. The Bertz CT molecular complexity index is 2110. The first-order valence-corrected chi connectivity index (χ1v) is 17.0. The van der Waals surface area contributed by atoms with Gasteiger partial charge in [0.1, 0.15) is 18.2 Å². The van der Waals surface area contributed by atoms with Crippen LogP contribution in [-0.4, -0.2) is 63.6 Å². The van der Waals surface area contributed by atoms with Gasteiger partial charge in [0.2, 0.25) is 5.91 Å². The van der Waals surface area contributed by atoms with Gasteiger partial charge in [0.05, 0.1) is 51.5 Å². The Balaban J connectivity index is 0.999. The number of amides is 2. The summed E-state index contributed by atoms with van der Waals surface area (Å²) in [7, 11) is 1.28. The molecule has 10 nitrogen and oxygen atoms in total. The lowest BCUT2D eigenvalue weighted by Crippen LogP contribution is -2.40. The van der Waals surface area contributed by atoms with Crippen LogP contribution < -0.4 is 10.6 Å². The highest BCUT2D eigenvalue weighted by Crippen LogP contribution is 2.44. The van der Waals surface area contributed by atoms with E-state index in [1.807, 2.05) is 6.20 Å². The number of carbonyl (C=O) groups excluding carboxylic acids is 2. The van der Waals surface area contributed by atoms with E-state index in [9.17, 15) is 9.59 Å². The SMILES string of the molecule is COC(=O)NCC(=O)N1CCCC1c1ncc(-c2ccc(-c3csc4c(-c5ccc6nc(C7C=CCN7)[nH]c6c5)csc34)cc2)[nH]1. The first kappa shape index (κ1) is 28.7. The van der Waals surface area contributed by atoms with Gasteiger partial charge in [-0.3, -0.25) is 4.79 Å². The van der Waals surface area contributed by atoms with Crippen LogP contribution in [0.3, 0.4) is 0 Å². The molecule has 0 radical (unpaired) electrons. The van der Waals surface area contributed by atoms with E-state index >= 15 is 0 Å². The quantitative estimate of drug-likeness (QED) is 0.141. The minimum Gasteiger partial charge on any atom is -0.453 e. The summed E-state index contributed by atoms with van der Waals surface area (Å²) in [6.07, 6.45) is 7.19. The Morgan fingerprint density at radius 1 is 1.00 bits per heavy atom. The average Bonchev–Trinajstić information content (AvgIpc) is 3.92. The van der Waals surface area contributed by atoms with Crippen LogP contribution in [0.4, 0.5) is 4.79 Å². The molecule has 0 aliphatic carbocycles. The first-order chi connectivity index (χ1) is 22.6. The minimum absolute atomic E-state index is 0.101. The molecule has 1 fully saturated rings. The highest BCUT2D eigenvalue weighted by atomic mass is 32.1. The molecule has 2 aromatic carbocycles. The van der Waals surface area contributed by atoms with Gasteiger partial charge in [-0.2, -0.15) is 0 Å². The van der Waals surface area contributed by atoms with Crippen LogP contribution in [0.15, 0.2) is 71.6 Å². The first-order valence-electron chi connectivity index (χ1n) is 15.2. The number of alkyl carbamates (subject to hydrolysis) is 1. The van der Waals surface area contributed by atoms with Crippen molar-refractivity contribution < 1.29 is 14.3 Å². The Labute approximate surface area is 272 Å². The van der Waals surface area contributed by atoms with E-state index in [1.54, 1.807) is 27.6 Å². The molecule has 2 amide bonds. The number of likely N-dealkylation sites (tertiary alicyclic amines) is 1. The number of nitrogens with one attached hydrogen (secondary N) is 4. The van der Waals surface area contributed by atoms with Gasteiger partial charge >= 0.3 is 6.09 Å². The maximum absolute atomic E-state index is 12.8. The lowest BCUT2D eigenvalue weighted by atomic mass is 10.0. The summed E-state index contributed by atoms with van der Waals surface area (Å²) in [5, 5.41) is 10.4. The lowest BCUT2D eigenvalue weighted by molar-refractivity contribution is -0.131. The van der Waals surface area contributed by atoms with Crippen molar-refractivity contribution in [2.45, 2.75) is 24.9 Å². The second-order valence-corrected chi connectivity index (χ2v) is 13.2. The summed E-state index contributed by atoms with van der Waals surface area (Å²) < 4.78 is 7.16. The van der Waals surface area contributed by atoms with Gasteiger partial charge in [-0.15, -0.1) is 22.7 Å². The third-order valence-corrected chi connectivity index (χ3v) is 10.9. The molecule has 6 aromatic rings. The summed E-state index contributed by atoms with van der Waals surface area (Å²) in [4.78, 5) is 42.3. The zero-order valence-electron chi connectivity index (χ0n) is 25.0. The van der Waals surface area contributed by atoms with E-state index in [2.05, 4.69) is 95.7 Å². The fourth-order valence-corrected chi connectivity index (χ4v) is 8.83. The van der Waals surface area contributed by atoms with Crippen LogP contribution in [0.2, 0.25) is 0 Å². The third kappa shape index (κ3) is 5.17. The number of benzene rings is 2. The summed E-state index contributed by atoms with van der Waals surface area (Å²) in [5.41, 5.74) is 8.79. The largest absolute Gasteiger partial charge is 0.453 e. The number of carbonyl (C=O) groups is 2. The van der Waals surface area contributed by atoms with Crippen molar-refractivity contribution >= 4 is 55.1 Å².